The lowest BCUT2D eigenvalue weighted by molar-refractivity contribution is -0.135. The number of ether oxygens (including phenoxy) is 1. The van der Waals surface area contributed by atoms with E-state index in [0.29, 0.717) is 76.2 Å². The van der Waals surface area contributed by atoms with E-state index in [1.165, 1.54) is 12.8 Å². The summed E-state index contributed by atoms with van der Waals surface area (Å²) in [6.45, 7) is 31.1. The van der Waals surface area contributed by atoms with Crippen LogP contribution in [0.15, 0.2) is 53.9 Å². The van der Waals surface area contributed by atoms with Gasteiger partial charge in [0.2, 0.25) is 39.6 Å². The van der Waals surface area contributed by atoms with Crippen molar-refractivity contribution in [1.82, 2.24) is 45.1 Å². The molecule has 3 aromatic rings. The van der Waals surface area contributed by atoms with Crippen molar-refractivity contribution in [3.8, 4) is 0 Å². The van der Waals surface area contributed by atoms with E-state index in [1.54, 1.807) is 35.8 Å². The Morgan fingerprint density at radius 3 is 1.69 bits per heavy atom. The lowest BCUT2D eigenvalue weighted by Gasteiger charge is -2.26. The quantitative estimate of drug-likeness (QED) is 0.0853. The highest BCUT2D eigenvalue weighted by Crippen LogP contribution is 2.27. The first-order valence-corrected chi connectivity index (χ1v) is 27.6. The molecule has 0 bridgehead atoms. The number of nitrogens with zero attached hydrogens (tertiary/aromatic N) is 5. The van der Waals surface area contributed by atoms with E-state index in [-0.39, 0.29) is 65.1 Å². The third kappa shape index (κ3) is 35.0. The lowest BCUT2D eigenvalue weighted by atomic mass is 10.2. The Morgan fingerprint density at radius 2 is 1.31 bits per heavy atom. The van der Waals surface area contributed by atoms with Crippen LogP contribution in [-0.4, -0.2) is 131 Å². The Kier molecular flexibility index (Phi) is 35.6. The monoisotopic (exact) mass is 1060 g/mol. The van der Waals surface area contributed by atoms with E-state index in [4.69, 9.17) is 14.3 Å². The number of aliphatic hydroxyl groups is 1. The number of aryl methyl sites for hydroxylation is 1. The van der Waals surface area contributed by atoms with Crippen LogP contribution in [0.2, 0.25) is 0 Å². The van der Waals surface area contributed by atoms with Crippen molar-refractivity contribution in [3.05, 3.63) is 61.1 Å². The first-order chi connectivity index (χ1) is 34.7. The zero-order valence-corrected chi connectivity index (χ0v) is 48.1. The van der Waals surface area contributed by atoms with Crippen LogP contribution in [0.3, 0.4) is 0 Å². The molecule has 2 saturated carbocycles. The minimum atomic E-state index is -2.93. The third-order valence-electron chi connectivity index (χ3n) is 10.3. The topological polar surface area (TPSA) is 269 Å². The number of aromatic nitrogens is 4. The molecule has 1 saturated heterocycles. The number of rotatable bonds is 17. The Hall–Kier alpha value is -5.25. The molecule has 1 aliphatic heterocycles. The van der Waals surface area contributed by atoms with E-state index in [9.17, 15) is 32.4 Å². The summed E-state index contributed by atoms with van der Waals surface area (Å²) >= 11 is 0. The maximum Gasteiger partial charge on any atom is 0.226 e. The summed E-state index contributed by atoms with van der Waals surface area (Å²) in [5.41, 5.74) is 1.91. The molecule has 3 aliphatic rings. The van der Waals surface area contributed by atoms with Gasteiger partial charge in [0.05, 0.1) is 55.2 Å². The normalized spacial score (nSPS) is 13.8. The number of carbonyl (C=O) groups is 5. The molecule has 6 N–H and O–H groups in total. The van der Waals surface area contributed by atoms with E-state index >= 15 is 0 Å². The predicted octanol–water partition coefficient (Wildman–Crippen LogP) is 6.42. The smallest absolute Gasteiger partial charge is 0.226 e. The molecule has 6 rings (SSSR count). The summed E-state index contributed by atoms with van der Waals surface area (Å²) in [5, 5.41) is 19.1. The molecule has 4 heterocycles. The lowest BCUT2D eigenvalue weighted by Crippen LogP contribution is -2.42. The van der Waals surface area contributed by atoms with Gasteiger partial charge in [-0.25, -0.2) is 23.1 Å². The largest absolute Gasteiger partial charge is 0.449 e. The molecule has 0 spiro atoms. The number of sulfonamides is 1. The summed E-state index contributed by atoms with van der Waals surface area (Å²) in [5.74, 6) is 2.57. The van der Waals surface area contributed by atoms with Crippen molar-refractivity contribution in [2.45, 2.75) is 152 Å². The van der Waals surface area contributed by atoms with Crippen LogP contribution >= 0.6 is 0 Å². The Balaban J connectivity index is 0.000000851. The van der Waals surface area contributed by atoms with E-state index in [1.807, 2.05) is 113 Å². The molecule has 3 aromatic heterocycles. The van der Waals surface area contributed by atoms with E-state index < -0.39 is 10.0 Å². The molecule has 0 unspecified atom stereocenters. The van der Waals surface area contributed by atoms with Crippen LogP contribution < -0.4 is 26.0 Å². The number of oxazole rings is 1. The van der Waals surface area contributed by atoms with E-state index in [2.05, 4.69) is 54.8 Å². The van der Waals surface area contributed by atoms with Gasteiger partial charge in [-0.15, -0.1) is 0 Å². The van der Waals surface area contributed by atoms with Crippen LogP contribution in [-0.2, 0) is 45.8 Å². The highest BCUT2D eigenvalue weighted by molar-refractivity contribution is 7.90. The molecule has 20 nitrogen and oxygen atoms in total. The number of morpholine rings is 1. The molecular weight excluding hydrogens is 969 g/mol. The SMILES string of the molecule is CC(C)C(=O)NC1CC1.CC(C)C(=O)NCCC(=O)N1CCOCC1.CC(C)C(=O)NCCO.CC(C)C(=O)Nc1cccnc1.CC(C)CNS(=O)(=O)C1CC1.CC(C)c1cn(C)cn1.CC(C)c1ncco1. The molecule has 0 radical (unpaired) electrons. The van der Waals surface area contributed by atoms with Crippen molar-refractivity contribution < 1.29 is 46.7 Å². The number of hydrogen-bond donors (Lipinski definition) is 6. The number of hydrogen-bond acceptors (Lipinski definition) is 13. The third-order valence-corrected chi connectivity index (χ3v) is 12.2. The molecule has 3 fully saturated rings. The van der Waals surface area contributed by atoms with Crippen LogP contribution in [0.4, 0.5) is 5.69 Å². The van der Waals surface area contributed by atoms with Gasteiger partial charge < -0.3 is 45.0 Å². The Labute approximate surface area is 443 Å². The minimum Gasteiger partial charge on any atom is -0.449 e. The summed E-state index contributed by atoms with van der Waals surface area (Å²) in [6, 6.07) is 4.11. The van der Waals surface area contributed by atoms with E-state index in [0.717, 1.165) is 30.1 Å². The van der Waals surface area contributed by atoms with Gasteiger partial charge in [-0.05, 0) is 49.7 Å². The number of anilines is 1. The predicted molar refractivity (Wildman–Crippen MR) is 291 cm³/mol. The molecule has 2 aliphatic carbocycles. The van der Waals surface area contributed by atoms with Crippen molar-refractivity contribution in [1.29, 1.82) is 0 Å². The van der Waals surface area contributed by atoms with Crippen molar-refractivity contribution >= 4 is 45.2 Å². The Bertz CT molecular complexity index is 2080. The number of nitrogens with one attached hydrogen (secondary N) is 5. The van der Waals surface area contributed by atoms with Crippen LogP contribution in [0.5, 0.6) is 0 Å². The number of carbonyl (C=O) groups excluding carboxylic acids is 5. The second-order valence-electron chi connectivity index (χ2n) is 20.3. The first-order valence-electron chi connectivity index (χ1n) is 26.1. The average molecular weight is 1060 g/mol. The van der Waals surface area contributed by atoms with Gasteiger partial charge >= 0.3 is 0 Å². The molecule has 0 aromatic carbocycles. The minimum absolute atomic E-state index is 0.00482. The second kappa shape index (κ2) is 38.3. The summed E-state index contributed by atoms with van der Waals surface area (Å²) < 4.78 is 37.1. The summed E-state index contributed by atoms with van der Waals surface area (Å²) in [6.07, 6.45) is 14.8. The fourth-order valence-electron chi connectivity index (χ4n) is 5.20. The van der Waals surface area contributed by atoms with Crippen molar-refractivity contribution in [3.63, 3.8) is 0 Å². The van der Waals surface area contributed by atoms with Crippen LogP contribution in [0.25, 0.3) is 0 Å². The van der Waals surface area contributed by atoms with Gasteiger partial charge in [0.25, 0.3) is 0 Å². The first kappa shape index (κ1) is 68.8. The maximum atomic E-state index is 11.7. The van der Waals surface area contributed by atoms with Crippen molar-refractivity contribution in [2.24, 2.45) is 36.6 Å². The fourth-order valence-corrected chi connectivity index (χ4v) is 6.76. The van der Waals surface area contributed by atoms with Crippen LogP contribution in [0.1, 0.15) is 152 Å². The number of pyridine rings is 1. The number of imidazole rings is 1. The highest BCUT2D eigenvalue weighted by atomic mass is 32.2. The Morgan fingerprint density at radius 1 is 0.743 bits per heavy atom. The standard InChI is InChI=1S/C11H20N2O3.C9H12N2O.C7H12N2.C7H15NO2S.C7H13NO.C6H13NO2.C6H9NO/c1-9(2)11(15)12-4-3-10(14)13-5-7-16-8-6-13;1-7(2)9(12)11-8-4-3-5-10-6-8;1-6(2)7-4-9(3)5-8-7;1-6(2)5-8-11(9,10)7-3-4-7;1-5(2)7(9)8-6-3-4-6;1-5(2)6(9)7-3-4-8;1-5(2)6-7-3-4-8-6/h9H,3-8H2,1-2H3,(H,12,15);3-7H,1-2H3,(H,11,12);4-6H,1-3H3;6-8H,3-5H2,1-2H3;5-6H,3-4H2,1-2H3,(H,8,9);5,8H,3-4H2,1-2H3,(H,7,9);3-5H,1-2H3. The second-order valence-corrected chi connectivity index (χ2v) is 22.4. The highest BCUT2D eigenvalue weighted by Gasteiger charge is 2.35. The number of amides is 5. The molecule has 422 valence electrons. The van der Waals surface area contributed by atoms with Gasteiger partial charge in [-0.1, -0.05) is 96.9 Å². The molecule has 0 atom stereocenters. The maximum absolute atomic E-state index is 11.7. The van der Waals surface area contributed by atoms with Crippen LogP contribution in [0, 0.1) is 29.6 Å². The molecule has 74 heavy (non-hydrogen) atoms. The zero-order valence-electron chi connectivity index (χ0n) is 47.3. The molecular formula is C53H94N10O10S. The van der Waals surface area contributed by atoms with Gasteiger partial charge in [0.15, 0.2) is 5.89 Å². The van der Waals surface area contributed by atoms with Crippen molar-refractivity contribution in [2.75, 3.05) is 57.9 Å². The zero-order chi connectivity index (χ0) is 56.4. The molecule has 5 amide bonds. The fraction of sp³-hybridized carbons (Fsp3) is 0.698. The summed E-state index contributed by atoms with van der Waals surface area (Å²) in [7, 11) is -0.947. The summed E-state index contributed by atoms with van der Waals surface area (Å²) in [4.78, 5) is 69.4. The number of aliphatic hydroxyl groups excluding tert-OH is 1. The van der Waals surface area contributed by atoms with Gasteiger partial charge in [0.1, 0.15) is 6.26 Å². The van der Waals surface area contributed by atoms with Gasteiger partial charge in [-0.2, -0.15) is 0 Å². The van der Waals surface area contributed by atoms with Gasteiger partial charge in [-0.3, -0.25) is 29.0 Å². The molecule has 21 heteroatoms. The van der Waals surface area contributed by atoms with Gasteiger partial charge in [0, 0.05) is 94.2 Å². The average Bonchev–Trinajstić information content (AvgIpc) is 4.28.